The van der Waals surface area contributed by atoms with Gasteiger partial charge in [-0.25, -0.2) is 0 Å². The van der Waals surface area contributed by atoms with Crippen LogP contribution in [0.2, 0.25) is 0 Å². The largest absolute Gasteiger partial charge is 0.396 e. The molecule has 0 heterocycles. The topological polar surface area (TPSA) is 41.5 Å². The van der Waals surface area contributed by atoms with E-state index in [0.717, 1.165) is 19.4 Å². The summed E-state index contributed by atoms with van der Waals surface area (Å²) in [5.74, 6) is 0. The summed E-state index contributed by atoms with van der Waals surface area (Å²) in [5.41, 5.74) is 0.165. The molecule has 0 fully saturated rings. The molecule has 2 unspecified atom stereocenters. The quantitative estimate of drug-likeness (QED) is 0.683. The zero-order valence-corrected chi connectivity index (χ0v) is 10.8. The van der Waals surface area contributed by atoms with Crippen LogP contribution in [0.5, 0.6) is 0 Å². The average Bonchev–Trinajstić information content (AvgIpc) is 2.13. The third kappa shape index (κ3) is 6.88. The van der Waals surface area contributed by atoms with Gasteiger partial charge in [0.1, 0.15) is 0 Å². The van der Waals surface area contributed by atoms with Crippen molar-refractivity contribution in [3.63, 3.8) is 0 Å². The summed E-state index contributed by atoms with van der Waals surface area (Å²) in [6.07, 6.45) is 2.10. The van der Waals surface area contributed by atoms with Crippen molar-refractivity contribution in [1.29, 1.82) is 0 Å². The highest BCUT2D eigenvalue weighted by Crippen LogP contribution is 2.21. The lowest BCUT2D eigenvalue weighted by atomic mass is 9.89. The Labute approximate surface area is 94.2 Å². The van der Waals surface area contributed by atoms with Gasteiger partial charge in [-0.1, -0.05) is 20.8 Å². The Kier molecular flexibility index (Phi) is 7.14. The van der Waals surface area contributed by atoms with Gasteiger partial charge in [-0.05, 0) is 25.2 Å². The predicted octanol–water partition coefficient (Wildman–Crippen LogP) is 1.80. The van der Waals surface area contributed by atoms with E-state index in [2.05, 4.69) is 33.0 Å². The van der Waals surface area contributed by atoms with Crippen molar-refractivity contribution >= 4 is 0 Å². The van der Waals surface area contributed by atoms with Crippen molar-refractivity contribution in [3.05, 3.63) is 0 Å². The molecule has 0 aliphatic heterocycles. The fraction of sp³-hybridized carbons (Fsp3) is 1.00. The SMILES string of the molecule is COC(CNC(C)CCCO)C(C)(C)C. The van der Waals surface area contributed by atoms with Gasteiger partial charge in [0.25, 0.3) is 0 Å². The van der Waals surface area contributed by atoms with E-state index in [-0.39, 0.29) is 18.1 Å². The Bertz CT molecular complexity index is 154. The summed E-state index contributed by atoms with van der Waals surface area (Å²) in [7, 11) is 1.76. The van der Waals surface area contributed by atoms with Crippen LogP contribution in [-0.2, 0) is 4.74 Å². The molecular formula is C12H27NO2. The number of hydrogen-bond donors (Lipinski definition) is 2. The molecule has 0 aliphatic rings. The first kappa shape index (κ1) is 14.9. The fourth-order valence-electron chi connectivity index (χ4n) is 1.55. The molecule has 2 atom stereocenters. The van der Waals surface area contributed by atoms with Crippen LogP contribution in [0.4, 0.5) is 0 Å². The second-order valence-corrected chi connectivity index (χ2v) is 5.27. The first-order valence-electron chi connectivity index (χ1n) is 5.78. The Morgan fingerprint density at radius 1 is 1.33 bits per heavy atom. The maximum atomic E-state index is 8.72. The molecule has 0 aromatic rings. The fourth-order valence-corrected chi connectivity index (χ4v) is 1.55. The molecule has 0 radical (unpaired) electrons. The maximum absolute atomic E-state index is 8.72. The van der Waals surface area contributed by atoms with Crippen LogP contribution in [0.3, 0.4) is 0 Å². The minimum absolute atomic E-state index is 0.165. The van der Waals surface area contributed by atoms with Crippen molar-refractivity contribution in [1.82, 2.24) is 5.32 Å². The molecule has 3 heteroatoms. The van der Waals surface area contributed by atoms with Gasteiger partial charge >= 0.3 is 0 Å². The second-order valence-electron chi connectivity index (χ2n) is 5.27. The van der Waals surface area contributed by atoms with Crippen molar-refractivity contribution in [3.8, 4) is 0 Å². The number of ether oxygens (including phenoxy) is 1. The van der Waals surface area contributed by atoms with Gasteiger partial charge in [-0.3, -0.25) is 0 Å². The smallest absolute Gasteiger partial charge is 0.0743 e. The summed E-state index contributed by atoms with van der Waals surface area (Å²) in [5, 5.41) is 12.2. The number of hydrogen-bond acceptors (Lipinski definition) is 3. The van der Waals surface area contributed by atoms with Crippen LogP contribution in [0, 0.1) is 5.41 Å². The van der Waals surface area contributed by atoms with Crippen molar-refractivity contribution in [2.24, 2.45) is 5.41 Å². The Morgan fingerprint density at radius 2 is 1.93 bits per heavy atom. The van der Waals surface area contributed by atoms with E-state index < -0.39 is 0 Å². The molecular weight excluding hydrogens is 190 g/mol. The van der Waals surface area contributed by atoms with E-state index in [4.69, 9.17) is 9.84 Å². The number of aliphatic hydroxyl groups excluding tert-OH is 1. The van der Waals surface area contributed by atoms with Gasteiger partial charge in [0.2, 0.25) is 0 Å². The summed E-state index contributed by atoms with van der Waals surface area (Å²) < 4.78 is 5.46. The van der Waals surface area contributed by atoms with Crippen molar-refractivity contribution < 1.29 is 9.84 Å². The van der Waals surface area contributed by atoms with E-state index in [9.17, 15) is 0 Å². The molecule has 0 aromatic heterocycles. The van der Waals surface area contributed by atoms with Crippen LogP contribution in [0.25, 0.3) is 0 Å². The highest BCUT2D eigenvalue weighted by molar-refractivity contribution is 4.77. The van der Waals surface area contributed by atoms with Crippen molar-refractivity contribution in [2.75, 3.05) is 20.3 Å². The maximum Gasteiger partial charge on any atom is 0.0743 e. The van der Waals surface area contributed by atoms with Crippen LogP contribution < -0.4 is 5.32 Å². The van der Waals surface area contributed by atoms with E-state index >= 15 is 0 Å². The predicted molar refractivity (Wildman–Crippen MR) is 64.0 cm³/mol. The standard InChI is InChI=1S/C12H27NO2/c1-10(7-6-8-14)13-9-11(15-5)12(2,3)4/h10-11,13-14H,6-9H2,1-5H3. The molecule has 0 amide bonds. The third-order valence-electron chi connectivity index (χ3n) is 2.70. The van der Waals surface area contributed by atoms with E-state index in [0.29, 0.717) is 6.04 Å². The molecule has 0 rings (SSSR count). The van der Waals surface area contributed by atoms with Crippen LogP contribution >= 0.6 is 0 Å². The zero-order chi connectivity index (χ0) is 11.9. The second kappa shape index (κ2) is 7.20. The molecule has 92 valence electrons. The lowest BCUT2D eigenvalue weighted by Crippen LogP contribution is -2.41. The molecule has 0 spiro atoms. The Hall–Kier alpha value is -0.120. The molecule has 0 bridgehead atoms. The summed E-state index contributed by atoms with van der Waals surface area (Å²) in [4.78, 5) is 0. The van der Waals surface area contributed by atoms with Gasteiger partial charge < -0.3 is 15.2 Å². The lowest BCUT2D eigenvalue weighted by molar-refractivity contribution is 0.0157. The normalized spacial score (nSPS) is 16.4. The molecule has 0 saturated heterocycles. The van der Waals surface area contributed by atoms with Gasteiger partial charge in [0.05, 0.1) is 6.10 Å². The van der Waals surface area contributed by atoms with E-state index in [1.54, 1.807) is 7.11 Å². The molecule has 3 nitrogen and oxygen atoms in total. The Balaban J connectivity index is 3.80. The van der Waals surface area contributed by atoms with E-state index in [1.807, 2.05) is 0 Å². The summed E-state index contributed by atoms with van der Waals surface area (Å²) in [6.45, 7) is 9.83. The molecule has 0 saturated carbocycles. The minimum Gasteiger partial charge on any atom is -0.396 e. The first-order valence-corrected chi connectivity index (χ1v) is 5.78. The summed E-state index contributed by atoms with van der Waals surface area (Å²) in [6, 6.07) is 0.442. The van der Waals surface area contributed by atoms with Gasteiger partial charge in [0.15, 0.2) is 0 Å². The highest BCUT2D eigenvalue weighted by atomic mass is 16.5. The zero-order valence-electron chi connectivity index (χ0n) is 10.8. The molecule has 15 heavy (non-hydrogen) atoms. The van der Waals surface area contributed by atoms with E-state index in [1.165, 1.54) is 0 Å². The number of methoxy groups -OCH3 is 1. The van der Waals surface area contributed by atoms with Crippen molar-refractivity contribution in [2.45, 2.75) is 52.7 Å². The third-order valence-corrected chi connectivity index (χ3v) is 2.70. The molecule has 0 aliphatic carbocycles. The number of nitrogens with one attached hydrogen (secondary N) is 1. The monoisotopic (exact) mass is 217 g/mol. The minimum atomic E-state index is 0.165. The Morgan fingerprint density at radius 3 is 2.33 bits per heavy atom. The number of rotatable bonds is 7. The number of aliphatic hydroxyl groups is 1. The van der Waals surface area contributed by atoms with Crippen LogP contribution in [0.1, 0.15) is 40.5 Å². The van der Waals surface area contributed by atoms with Crippen LogP contribution in [-0.4, -0.2) is 37.5 Å². The molecule has 0 aromatic carbocycles. The highest BCUT2D eigenvalue weighted by Gasteiger charge is 2.24. The first-order chi connectivity index (χ1) is 6.91. The van der Waals surface area contributed by atoms with Crippen LogP contribution in [0.15, 0.2) is 0 Å². The summed E-state index contributed by atoms with van der Waals surface area (Å²) >= 11 is 0. The van der Waals surface area contributed by atoms with Gasteiger partial charge in [-0.15, -0.1) is 0 Å². The lowest BCUT2D eigenvalue weighted by Gasteiger charge is -2.30. The van der Waals surface area contributed by atoms with Gasteiger partial charge in [-0.2, -0.15) is 0 Å². The van der Waals surface area contributed by atoms with Gasteiger partial charge in [0, 0.05) is 26.3 Å². The molecule has 2 N–H and O–H groups in total. The average molecular weight is 217 g/mol.